The molecule has 0 aromatic heterocycles. The molecule has 19 heavy (non-hydrogen) atoms. The second-order valence-corrected chi connectivity index (χ2v) is 5.43. The molecule has 0 saturated carbocycles. The van der Waals surface area contributed by atoms with Crippen LogP contribution in [0.25, 0.3) is 0 Å². The summed E-state index contributed by atoms with van der Waals surface area (Å²) in [5.74, 6) is -1.03. The lowest BCUT2D eigenvalue weighted by Gasteiger charge is -2.30. The van der Waals surface area contributed by atoms with Gasteiger partial charge in [0.25, 0.3) is 0 Å². The Bertz CT molecular complexity index is 489. The lowest BCUT2D eigenvalue weighted by atomic mass is 9.94. The fourth-order valence-electron chi connectivity index (χ4n) is 2.89. The van der Waals surface area contributed by atoms with Crippen molar-refractivity contribution in [1.29, 1.82) is 0 Å². The average molecular weight is 265 g/mol. The highest BCUT2D eigenvalue weighted by Crippen LogP contribution is 2.34. The van der Waals surface area contributed by atoms with Gasteiger partial charge in [0.15, 0.2) is 0 Å². The van der Waals surface area contributed by atoms with Crippen LogP contribution in [-0.4, -0.2) is 16.6 Å². The molecule has 1 aromatic rings. The minimum absolute atomic E-state index is 0.0710. The second-order valence-electron chi connectivity index (χ2n) is 5.43. The van der Waals surface area contributed by atoms with Gasteiger partial charge < -0.3 is 5.11 Å². The number of halogens is 1. The summed E-state index contributed by atoms with van der Waals surface area (Å²) in [6.45, 7) is 3.67. The van der Waals surface area contributed by atoms with Crippen LogP contribution >= 0.6 is 0 Å². The Balaban J connectivity index is 2.22. The molecular weight excluding hydrogens is 245 g/mol. The fraction of sp³-hybridized carbons (Fsp3) is 0.533. The van der Waals surface area contributed by atoms with Crippen molar-refractivity contribution < 1.29 is 14.3 Å². The van der Waals surface area contributed by atoms with Crippen molar-refractivity contribution in [2.24, 2.45) is 0 Å². The summed E-state index contributed by atoms with van der Waals surface area (Å²) >= 11 is 0. The summed E-state index contributed by atoms with van der Waals surface area (Å²) < 4.78 is 13.7. The molecule has 0 heterocycles. The molecule has 1 aliphatic rings. The molecule has 2 atom stereocenters. The third kappa shape index (κ3) is 2.63. The Labute approximate surface area is 112 Å². The number of carboxylic acids is 1. The number of carbonyl (C=O) groups is 1. The summed E-state index contributed by atoms with van der Waals surface area (Å²) in [6, 6.07) is 4.96. The van der Waals surface area contributed by atoms with Crippen molar-refractivity contribution >= 4 is 5.97 Å². The van der Waals surface area contributed by atoms with Crippen molar-refractivity contribution in [1.82, 2.24) is 5.32 Å². The molecule has 2 N–H and O–H groups in total. The van der Waals surface area contributed by atoms with Gasteiger partial charge in [0.2, 0.25) is 0 Å². The van der Waals surface area contributed by atoms with Gasteiger partial charge in [-0.2, -0.15) is 0 Å². The van der Waals surface area contributed by atoms with Gasteiger partial charge in [-0.3, -0.25) is 10.1 Å². The van der Waals surface area contributed by atoms with E-state index in [-0.39, 0.29) is 11.9 Å². The van der Waals surface area contributed by atoms with Gasteiger partial charge in [0.1, 0.15) is 11.4 Å². The standard InChI is InChI=1S/C15H20FNO2/c1-3-9-15(2,14(18)19)17-13-8-7-10-11(13)5-4-6-12(10)16/h4-6,13,17H,3,7-9H2,1-2H3,(H,18,19). The van der Waals surface area contributed by atoms with Crippen LogP contribution in [0.3, 0.4) is 0 Å². The Morgan fingerprint density at radius 1 is 1.58 bits per heavy atom. The number of hydrogen-bond acceptors (Lipinski definition) is 2. The van der Waals surface area contributed by atoms with Gasteiger partial charge in [0.05, 0.1) is 0 Å². The number of hydrogen-bond donors (Lipinski definition) is 2. The topological polar surface area (TPSA) is 49.3 Å². The highest BCUT2D eigenvalue weighted by atomic mass is 19.1. The van der Waals surface area contributed by atoms with E-state index < -0.39 is 11.5 Å². The maximum atomic E-state index is 13.7. The fourth-order valence-corrected chi connectivity index (χ4v) is 2.89. The Morgan fingerprint density at radius 3 is 2.95 bits per heavy atom. The lowest BCUT2D eigenvalue weighted by molar-refractivity contribution is -0.144. The molecule has 3 nitrogen and oxygen atoms in total. The van der Waals surface area contributed by atoms with Crippen LogP contribution < -0.4 is 5.32 Å². The van der Waals surface area contributed by atoms with Crippen LogP contribution in [0.2, 0.25) is 0 Å². The van der Waals surface area contributed by atoms with Crippen LogP contribution in [-0.2, 0) is 11.2 Å². The van der Waals surface area contributed by atoms with Gasteiger partial charge in [-0.05, 0) is 43.4 Å². The van der Waals surface area contributed by atoms with Crippen molar-refractivity contribution in [2.45, 2.75) is 51.1 Å². The van der Waals surface area contributed by atoms with E-state index >= 15 is 0 Å². The largest absolute Gasteiger partial charge is 0.480 e. The monoisotopic (exact) mass is 265 g/mol. The first-order chi connectivity index (χ1) is 8.98. The van der Waals surface area contributed by atoms with Crippen LogP contribution in [0.5, 0.6) is 0 Å². The average Bonchev–Trinajstić information content (AvgIpc) is 2.74. The molecule has 0 radical (unpaired) electrons. The summed E-state index contributed by atoms with van der Waals surface area (Å²) in [5.41, 5.74) is 0.681. The molecule has 4 heteroatoms. The van der Waals surface area contributed by atoms with E-state index in [9.17, 15) is 14.3 Å². The van der Waals surface area contributed by atoms with Gasteiger partial charge in [-0.1, -0.05) is 25.5 Å². The van der Waals surface area contributed by atoms with Crippen molar-refractivity contribution in [3.63, 3.8) is 0 Å². The highest BCUT2D eigenvalue weighted by Gasteiger charge is 2.37. The SMILES string of the molecule is CCCC(C)(NC1CCc2c(F)cccc21)C(=O)O. The number of aliphatic carboxylic acids is 1. The zero-order chi connectivity index (χ0) is 14.0. The Hall–Kier alpha value is -1.42. The van der Waals surface area contributed by atoms with Gasteiger partial charge >= 0.3 is 5.97 Å². The smallest absolute Gasteiger partial charge is 0.323 e. The zero-order valence-electron chi connectivity index (χ0n) is 11.4. The first-order valence-corrected chi connectivity index (χ1v) is 6.76. The summed E-state index contributed by atoms with van der Waals surface area (Å²) in [5, 5.41) is 12.6. The molecule has 0 bridgehead atoms. The lowest BCUT2D eigenvalue weighted by Crippen LogP contribution is -2.50. The van der Waals surface area contributed by atoms with E-state index in [2.05, 4.69) is 5.32 Å². The molecule has 0 saturated heterocycles. The van der Waals surface area contributed by atoms with Crippen LogP contribution in [0, 0.1) is 5.82 Å². The van der Waals surface area contributed by atoms with Crippen LogP contribution in [0.4, 0.5) is 4.39 Å². The van der Waals surface area contributed by atoms with Crippen molar-refractivity contribution in [3.05, 3.63) is 35.1 Å². The molecule has 2 rings (SSSR count). The molecule has 0 aliphatic heterocycles. The molecule has 104 valence electrons. The predicted octanol–water partition coefficient (Wildman–Crippen LogP) is 3.05. The summed E-state index contributed by atoms with van der Waals surface area (Å²) in [7, 11) is 0. The molecule has 2 unspecified atom stereocenters. The Kier molecular flexibility index (Phi) is 3.90. The van der Waals surface area contributed by atoms with E-state index in [1.807, 2.05) is 13.0 Å². The van der Waals surface area contributed by atoms with Gasteiger partial charge in [0, 0.05) is 6.04 Å². The molecule has 1 aliphatic carbocycles. The maximum absolute atomic E-state index is 13.7. The molecule has 0 amide bonds. The first kappa shape index (κ1) is 14.0. The normalized spacial score (nSPS) is 20.9. The number of nitrogens with one attached hydrogen (secondary N) is 1. The first-order valence-electron chi connectivity index (χ1n) is 6.76. The number of benzene rings is 1. The predicted molar refractivity (Wildman–Crippen MR) is 71.5 cm³/mol. The molecule has 0 fully saturated rings. The molecule has 0 spiro atoms. The Morgan fingerprint density at radius 2 is 2.32 bits per heavy atom. The molecule has 1 aromatic carbocycles. The third-order valence-corrected chi connectivity index (χ3v) is 3.93. The number of fused-ring (bicyclic) bond motifs is 1. The highest BCUT2D eigenvalue weighted by molar-refractivity contribution is 5.78. The van der Waals surface area contributed by atoms with Gasteiger partial charge in [-0.15, -0.1) is 0 Å². The van der Waals surface area contributed by atoms with Crippen molar-refractivity contribution in [3.8, 4) is 0 Å². The van der Waals surface area contributed by atoms with Gasteiger partial charge in [-0.25, -0.2) is 4.39 Å². The number of carboxylic acid groups (broad SMARTS) is 1. The summed E-state index contributed by atoms with van der Waals surface area (Å²) in [4.78, 5) is 11.4. The van der Waals surface area contributed by atoms with Crippen LogP contribution in [0.15, 0.2) is 18.2 Å². The maximum Gasteiger partial charge on any atom is 0.323 e. The van der Waals surface area contributed by atoms with E-state index in [1.54, 1.807) is 13.0 Å². The van der Waals surface area contributed by atoms with Crippen LogP contribution in [0.1, 0.15) is 50.3 Å². The van der Waals surface area contributed by atoms with E-state index in [1.165, 1.54) is 6.07 Å². The second kappa shape index (κ2) is 5.29. The van der Waals surface area contributed by atoms with E-state index in [4.69, 9.17) is 0 Å². The number of rotatable bonds is 5. The van der Waals surface area contributed by atoms with E-state index in [0.29, 0.717) is 12.8 Å². The zero-order valence-corrected chi connectivity index (χ0v) is 11.4. The van der Waals surface area contributed by atoms with Crippen molar-refractivity contribution in [2.75, 3.05) is 0 Å². The minimum atomic E-state index is -0.951. The van der Waals surface area contributed by atoms with E-state index in [0.717, 1.165) is 24.0 Å². The molecular formula is C15H20FNO2. The third-order valence-electron chi connectivity index (χ3n) is 3.93. The minimum Gasteiger partial charge on any atom is -0.480 e. The quantitative estimate of drug-likeness (QED) is 0.860. The summed E-state index contributed by atoms with van der Waals surface area (Å²) in [6.07, 6.45) is 2.77.